The quantitative estimate of drug-likeness (QED) is 0.858. The lowest BCUT2D eigenvalue weighted by Gasteiger charge is -2.22. The number of aromatic nitrogens is 1. The number of rotatable bonds is 4. The van der Waals surface area contributed by atoms with Crippen molar-refractivity contribution in [3.63, 3.8) is 0 Å². The number of hydrogen-bond acceptors (Lipinski definition) is 2. The molecule has 0 aromatic carbocycles. The molecule has 1 heterocycles. The molecule has 17 heavy (non-hydrogen) atoms. The van der Waals surface area contributed by atoms with E-state index in [-0.39, 0.29) is 6.10 Å². The van der Waals surface area contributed by atoms with Crippen LogP contribution in [-0.2, 0) is 0 Å². The molecule has 2 heteroatoms. The molecule has 2 rings (SSSR count). The lowest BCUT2D eigenvalue weighted by Crippen LogP contribution is -2.08. The number of nitrogens with zero attached hydrogens (tertiary/aromatic N) is 1. The molecule has 1 saturated carbocycles. The Kier molecular flexibility index (Phi) is 4.55. The van der Waals surface area contributed by atoms with Crippen LogP contribution in [0.25, 0.3) is 0 Å². The van der Waals surface area contributed by atoms with Gasteiger partial charge in [-0.2, -0.15) is 0 Å². The molecule has 1 aliphatic rings. The Balaban J connectivity index is 1.80. The van der Waals surface area contributed by atoms with E-state index in [1.165, 1.54) is 32.1 Å². The first-order valence-corrected chi connectivity index (χ1v) is 6.86. The SMILES string of the molecule is Cc1ccc(C(O)CCC2CCCCC2)cn1. The van der Waals surface area contributed by atoms with Gasteiger partial charge in [0.2, 0.25) is 0 Å². The van der Waals surface area contributed by atoms with Gasteiger partial charge in [-0.1, -0.05) is 38.2 Å². The molecule has 94 valence electrons. The van der Waals surface area contributed by atoms with Crippen LogP contribution in [0.1, 0.15) is 62.3 Å². The van der Waals surface area contributed by atoms with Crippen molar-refractivity contribution in [3.8, 4) is 0 Å². The van der Waals surface area contributed by atoms with Gasteiger partial charge in [0, 0.05) is 11.9 Å². The van der Waals surface area contributed by atoms with E-state index in [0.717, 1.165) is 30.0 Å². The molecular formula is C15H23NO. The second-order valence-electron chi connectivity index (χ2n) is 5.33. The summed E-state index contributed by atoms with van der Waals surface area (Å²) in [7, 11) is 0. The molecule has 1 fully saturated rings. The Morgan fingerprint density at radius 1 is 1.29 bits per heavy atom. The Morgan fingerprint density at radius 2 is 2.06 bits per heavy atom. The lowest BCUT2D eigenvalue weighted by molar-refractivity contribution is 0.151. The molecule has 1 N–H and O–H groups in total. The molecule has 0 radical (unpaired) electrons. The van der Waals surface area contributed by atoms with Crippen molar-refractivity contribution in [3.05, 3.63) is 29.6 Å². The maximum atomic E-state index is 10.1. The molecule has 0 aliphatic heterocycles. The predicted molar refractivity (Wildman–Crippen MR) is 69.7 cm³/mol. The van der Waals surface area contributed by atoms with Gasteiger partial charge in [-0.3, -0.25) is 4.98 Å². The maximum Gasteiger partial charge on any atom is 0.0805 e. The average Bonchev–Trinajstić information content (AvgIpc) is 2.38. The molecule has 0 bridgehead atoms. The van der Waals surface area contributed by atoms with E-state index < -0.39 is 0 Å². The van der Waals surface area contributed by atoms with Gasteiger partial charge in [-0.25, -0.2) is 0 Å². The molecule has 1 aromatic heterocycles. The topological polar surface area (TPSA) is 33.1 Å². The van der Waals surface area contributed by atoms with E-state index in [1.54, 1.807) is 6.20 Å². The number of hydrogen-bond donors (Lipinski definition) is 1. The molecular weight excluding hydrogens is 210 g/mol. The summed E-state index contributed by atoms with van der Waals surface area (Å²) in [5, 5.41) is 10.1. The summed E-state index contributed by atoms with van der Waals surface area (Å²) >= 11 is 0. The zero-order valence-electron chi connectivity index (χ0n) is 10.7. The van der Waals surface area contributed by atoms with Crippen molar-refractivity contribution in [1.82, 2.24) is 4.98 Å². The molecule has 2 nitrogen and oxygen atoms in total. The number of aliphatic hydroxyl groups is 1. The predicted octanol–water partition coefficient (Wildman–Crippen LogP) is 3.78. The molecule has 0 saturated heterocycles. The second kappa shape index (κ2) is 6.15. The Morgan fingerprint density at radius 3 is 2.71 bits per heavy atom. The van der Waals surface area contributed by atoms with Crippen LogP contribution < -0.4 is 0 Å². The summed E-state index contributed by atoms with van der Waals surface area (Å²) < 4.78 is 0. The van der Waals surface area contributed by atoms with Gasteiger partial charge in [0.1, 0.15) is 0 Å². The van der Waals surface area contributed by atoms with Crippen molar-refractivity contribution in [2.45, 2.75) is 58.0 Å². The minimum absolute atomic E-state index is 0.329. The first-order chi connectivity index (χ1) is 8.25. The largest absolute Gasteiger partial charge is 0.388 e. The van der Waals surface area contributed by atoms with Crippen molar-refractivity contribution in [2.75, 3.05) is 0 Å². The van der Waals surface area contributed by atoms with Crippen molar-refractivity contribution >= 4 is 0 Å². The van der Waals surface area contributed by atoms with E-state index in [4.69, 9.17) is 0 Å². The molecule has 0 amide bonds. The van der Waals surface area contributed by atoms with Gasteiger partial charge in [-0.15, -0.1) is 0 Å². The van der Waals surface area contributed by atoms with Crippen molar-refractivity contribution in [1.29, 1.82) is 0 Å². The van der Waals surface area contributed by atoms with Gasteiger partial charge in [-0.05, 0) is 37.3 Å². The standard InChI is InChI=1S/C15H23NO/c1-12-7-9-14(11-16-12)15(17)10-8-13-5-3-2-4-6-13/h7,9,11,13,15,17H,2-6,8,10H2,1H3. The summed E-state index contributed by atoms with van der Waals surface area (Å²) in [6.07, 6.45) is 10.4. The molecule has 1 atom stereocenters. The van der Waals surface area contributed by atoms with E-state index in [2.05, 4.69) is 4.98 Å². The highest BCUT2D eigenvalue weighted by molar-refractivity contribution is 5.15. The number of aliphatic hydroxyl groups excluding tert-OH is 1. The molecule has 1 aliphatic carbocycles. The normalized spacial score (nSPS) is 19.2. The molecule has 1 aromatic rings. The van der Waals surface area contributed by atoms with Crippen LogP contribution in [0.15, 0.2) is 18.3 Å². The Hall–Kier alpha value is -0.890. The third kappa shape index (κ3) is 3.81. The van der Waals surface area contributed by atoms with Crippen molar-refractivity contribution < 1.29 is 5.11 Å². The summed E-state index contributed by atoms with van der Waals surface area (Å²) in [6.45, 7) is 1.97. The second-order valence-corrected chi connectivity index (χ2v) is 5.33. The fourth-order valence-electron chi connectivity index (χ4n) is 2.71. The highest BCUT2D eigenvalue weighted by atomic mass is 16.3. The number of pyridine rings is 1. The van der Waals surface area contributed by atoms with E-state index in [0.29, 0.717) is 0 Å². The monoisotopic (exact) mass is 233 g/mol. The minimum Gasteiger partial charge on any atom is -0.388 e. The smallest absolute Gasteiger partial charge is 0.0805 e. The first-order valence-electron chi connectivity index (χ1n) is 6.86. The Labute approximate surface area is 104 Å². The summed E-state index contributed by atoms with van der Waals surface area (Å²) in [6, 6.07) is 3.97. The highest BCUT2D eigenvalue weighted by Crippen LogP contribution is 2.30. The third-order valence-corrected chi connectivity index (χ3v) is 3.89. The summed E-state index contributed by atoms with van der Waals surface area (Å²) in [5.41, 5.74) is 1.97. The van der Waals surface area contributed by atoms with Gasteiger partial charge >= 0.3 is 0 Å². The zero-order valence-corrected chi connectivity index (χ0v) is 10.7. The first kappa shape index (κ1) is 12.6. The molecule has 1 unspecified atom stereocenters. The van der Waals surface area contributed by atoms with Crippen LogP contribution in [-0.4, -0.2) is 10.1 Å². The Bertz CT molecular complexity index is 327. The minimum atomic E-state index is -0.329. The third-order valence-electron chi connectivity index (χ3n) is 3.89. The van der Waals surface area contributed by atoms with Crippen LogP contribution in [0.2, 0.25) is 0 Å². The van der Waals surface area contributed by atoms with Crippen LogP contribution >= 0.6 is 0 Å². The highest BCUT2D eigenvalue weighted by Gasteiger charge is 2.16. The van der Waals surface area contributed by atoms with E-state index in [1.807, 2.05) is 19.1 Å². The van der Waals surface area contributed by atoms with Gasteiger partial charge in [0.05, 0.1) is 6.10 Å². The van der Waals surface area contributed by atoms with E-state index in [9.17, 15) is 5.11 Å². The fraction of sp³-hybridized carbons (Fsp3) is 0.667. The van der Waals surface area contributed by atoms with Crippen LogP contribution in [0.5, 0.6) is 0 Å². The van der Waals surface area contributed by atoms with Crippen LogP contribution in [0.4, 0.5) is 0 Å². The maximum absolute atomic E-state index is 10.1. The van der Waals surface area contributed by atoms with Gasteiger partial charge in [0.25, 0.3) is 0 Å². The van der Waals surface area contributed by atoms with Crippen LogP contribution in [0.3, 0.4) is 0 Å². The zero-order chi connectivity index (χ0) is 12.1. The van der Waals surface area contributed by atoms with Crippen LogP contribution in [0, 0.1) is 12.8 Å². The van der Waals surface area contributed by atoms with Crippen molar-refractivity contribution in [2.24, 2.45) is 5.92 Å². The van der Waals surface area contributed by atoms with Gasteiger partial charge in [0.15, 0.2) is 0 Å². The summed E-state index contributed by atoms with van der Waals surface area (Å²) in [5.74, 6) is 0.844. The van der Waals surface area contributed by atoms with Gasteiger partial charge < -0.3 is 5.11 Å². The van der Waals surface area contributed by atoms with E-state index >= 15 is 0 Å². The fourth-order valence-corrected chi connectivity index (χ4v) is 2.71. The number of aryl methyl sites for hydroxylation is 1. The lowest BCUT2D eigenvalue weighted by atomic mass is 9.85. The summed E-state index contributed by atoms with van der Waals surface area (Å²) in [4.78, 5) is 4.23. The molecule has 0 spiro atoms. The average molecular weight is 233 g/mol.